The van der Waals surface area contributed by atoms with Gasteiger partial charge in [-0.1, -0.05) is 41.5 Å². The maximum absolute atomic E-state index is 13.8. The van der Waals surface area contributed by atoms with E-state index in [9.17, 15) is 66.4 Å². The lowest BCUT2D eigenvalue weighted by Gasteiger charge is -2.40. The molecule has 2 unspecified atom stereocenters. The minimum absolute atomic E-state index is 0.0639. The van der Waals surface area contributed by atoms with E-state index < -0.39 is 226 Å². The summed E-state index contributed by atoms with van der Waals surface area (Å²) in [7, 11) is -15.2. The summed E-state index contributed by atoms with van der Waals surface area (Å²) < 4.78 is 141. The minimum atomic E-state index is -4.60. The summed E-state index contributed by atoms with van der Waals surface area (Å²) in [5, 5.41) is -0.284. The van der Waals surface area contributed by atoms with Crippen LogP contribution in [-0.4, -0.2) is 175 Å². The maximum Gasteiger partial charge on any atom is 0.359 e. The van der Waals surface area contributed by atoms with Crippen molar-refractivity contribution in [2.24, 2.45) is 32.5 Å². The fourth-order valence-electron chi connectivity index (χ4n) is 8.11. The minimum Gasteiger partial charge on any atom is -0.438 e. The van der Waals surface area contributed by atoms with Gasteiger partial charge in [0.25, 0.3) is 11.1 Å². The van der Waals surface area contributed by atoms with E-state index in [0.29, 0.717) is 6.29 Å². The molecular formula is C70H121N4O32P3Si2. The molecule has 2 saturated heterocycles. The zero-order valence-electron chi connectivity index (χ0n) is 69.9. The molecule has 0 amide bonds. The van der Waals surface area contributed by atoms with Gasteiger partial charge in [-0.15, -0.1) is 0 Å². The van der Waals surface area contributed by atoms with Crippen LogP contribution in [0.2, 0.25) is 36.3 Å². The largest absolute Gasteiger partial charge is 0.438 e. The van der Waals surface area contributed by atoms with Gasteiger partial charge in [-0.2, -0.15) is 0 Å². The van der Waals surface area contributed by atoms with Crippen molar-refractivity contribution in [1.82, 2.24) is 19.1 Å². The van der Waals surface area contributed by atoms with Crippen molar-refractivity contribution < 1.29 is 131 Å². The number of nitrogens with one attached hydrogen (secondary N) is 2. The van der Waals surface area contributed by atoms with Gasteiger partial charge < -0.3 is 61.0 Å². The smallest absolute Gasteiger partial charge is 0.359 e. The third-order valence-electron chi connectivity index (χ3n) is 16.9. The summed E-state index contributed by atoms with van der Waals surface area (Å²) in [4.78, 5) is 137. The Bertz CT molecular complexity index is 3720. The van der Waals surface area contributed by atoms with Gasteiger partial charge in [-0.05, 0) is 167 Å². The average molecular weight is 1680 g/mol. The number of ether oxygens (including phenoxy) is 10. The summed E-state index contributed by atoms with van der Waals surface area (Å²) >= 11 is 0. The number of aldehydes is 1. The first kappa shape index (κ1) is 101. The molecule has 2 fully saturated rings. The van der Waals surface area contributed by atoms with Crippen LogP contribution in [0.3, 0.4) is 0 Å². The Balaban J connectivity index is 0.000000586. The molecule has 0 bridgehead atoms. The molecular weight excluding hydrogens is 1560 g/mol. The van der Waals surface area contributed by atoms with Crippen molar-refractivity contribution in [3.63, 3.8) is 0 Å². The zero-order chi connectivity index (χ0) is 86.1. The first-order valence-corrected chi connectivity index (χ1v) is 46.2. The van der Waals surface area contributed by atoms with Gasteiger partial charge in [0.1, 0.15) is 36.6 Å². The number of hydrogen-bond acceptors (Lipinski definition) is 32. The van der Waals surface area contributed by atoms with Crippen LogP contribution < -0.4 is 22.5 Å². The van der Waals surface area contributed by atoms with Crippen LogP contribution in [0.5, 0.6) is 0 Å². The number of methoxy groups -OCH3 is 2. The summed E-state index contributed by atoms with van der Waals surface area (Å²) in [6.45, 7) is 44.4. The lowest BCUT2D eigenvalue weighted by molar-refractivity contribution is -0.163. The maximum atomic E-state index is 13.8. The Labute approximate surface area is 651 Å². The van der Waals surface area contributed by atoms with Gasteiger partial charge in [0.05, 0.1) is 32.5 Å². The first-order chi connectivity index (χ1) is 50.1. The van der Waals surface area contributed by atoms with Crippen LogP contribution in [0.1, 0.15) is 179 Å². The Hall–Kier alpha value is -5.77. The van der Waals surface area contributed by atoms with E-state index in [1.54, 1.807) is 125 Å². The quantitative estimate of drug-likeness (QED) is 0.0177. The molecule has 4 heterocycles. The Morgan fingerprint density at radius 1 is 0.423 bits per heavy atom. The lowest BCUT2D eigenvalue weighted by Crippen LogP contribution is -2.50. The zero-order valence-corrected chi connectivity index (χ0v) is 74.6. The van der Waals surface area contributed by atoms with Crippen molar-refractivity contribution in [2.45, 2.75) is 252 Å². The Morgan fingerprint density at radius 3 is 0.910 bits per heavy atom. The van der Waals surface area contributed by atoms with Gasteiger partial charge in [0, 0.05) is 44.6 Å². The molecule has 2 N–H and O–H groups in total. The third kappa shape index (κ3) is 32.1. The second-order valence-corrected chi connectivity index (χ2v) is 51.1. The highest BCUT2D eigenvalue weighted by atomic mass is 31.2. The molecule has 636 valence electrons. The predicted octanol–water partition coefficient (Wildman–Crippen LogP) is 11.3. The second-order valence-electron chi connectivity index (χ2n) is 35.1. The van der Waals surface area contributed by atoms with Gasteiger partial charge in [-0.3, -0.25) is 98.3 Å². The van der Waals surface area contributed by atoms with Crippen LogP contribution in [0.4, 0.5) is 0 Å². The van der Waals surface area contributed by atoms with Crippen molar-refractivity contribution in [2.75, 3.05) is 60.9 Å². The number of carbonyl (C=O) groups excluding carboxylic acids is 7. The molecule has 41 heteroatoms. The molecule has 4 rings (SSSR count). The number of aromatic amines is 2. The van der Waals surface area contributed by atoms with Gasteiger partial charge in [-0.25, -0.2) is 9.59 Å². The molecule has 0 saturated carbocycles. The molecule has 2 aliphatic heterocycles. The first-order valence-electron chi connectivity index (χ1n) is 35.3. The molecule has 0 radical (unpaired) electrons. The van der Waals surface area contributed by atoms with Crippen LogP contribution in [0.25, 0.3) is 0 Å². The summed E-state index contributed by atoms with van der Waals surface area (Å²) in [6.07, 6.45) is -1.97. The lowest BCUT2D eigenvalue weighted by atomic mass is 9.98. The number of carbonyl (C=O) groups is 7. The number of rotatable bonds is 31. The molecule has 0 aliphatic carbocycles. The van der Waals surface area contributed by atoms with Crippen molar-refractivity contribution in [1.29, 1.82) is 0 Å². The number of aromatic nitrogens is 4. The standard InChI is InChI=1S/C29H49N2O12PSi.C25H46O14P2.C16H26N2O6Si/c1-27(2,3)24(33)38-17-40-44(36,41-18-39-25(34)28(4,5)6)16-14-19-21(43-45(11,12)29(7,8)9)22(37-10)23(42-19)31-15-13-20(32)30-26(31)35;1-22(2,3)18(26)32-13-36-40(30,37-14-33-19(27)23(4,5)6)17-41(31,38-15-34-20(28)24(7,8)9)39-16-35-21(29)25(10,11)12;1-16(2,3)25(5,6)24-12-10(9-19)23-14(13(12)22-4)18-8-7-11(20)17-15(18)21/h13-16,19,21-23H,17-18H2,1-12H3,(H,30,32,35);13-17H2,1-12H3;7-10,12-14H,1-6H3,(H,17,20,21)/b16-14+;;/t19-,21?,22+,23-;;10-,12?,13+,14-/m1.1/s1. The summed E-state index contributed by atoms with van der Waals surface area (Å²) in [5.74, 6) is -4.05. The average Bonchev–Trinajstić information content (AvgIpc) is 1.64. The number of H-pyrrole nitrogens is 2. The van der Waals surface area contributed by atoms with Gasteiger partial charge in [0.15, 0.2) is 41.3 Å². The highest BCUT2D eigenvalue weighted by molar-refractivity contribution is 7.71. The van der Waals surface area contributed by atoms with Gasteiger partial charge in [0.2, 0.25) is 40.8 Å². The Kier molecular flexibility index (Phi) is 36.7. The molecule has 2 aliphatic rings. The van der Waals surface area contributed by atoms with Crippen molar-refractivity contribution in [3.05, 3.63) is 78.1 Å². The molecule has 2 aromatic heterocycles. The van der Waals surface area contributed by atoms with Crippen LogP contribution in [-0.2, 0) is 131 Å². The molecule has 0 spiro atoms. The number of esters is 6. The van der Waals surface area contributed by atoms with E-state index in [4.69, 9.17) is 83.4 Å². The van der Waals surface area contributed by atoms with Gasteiger partial charge >= 0.3 is 70.0 Å². The topological polar surface area (TPSA) is 447 Å². The van der Waals surface area contributed by atoms with Crippen LogP contribution in [0, 0.1) is 32.5 Å². The van der Waals surface area contributed by atoms with E-state index in [1.165, 1.54) is 54.0 Å². The van der Waals surface area contributed by atoms with E-state index in [1.807, 2.05) is 13.1 Å². The molecule has 36 nitrogen and oxygen atoms in total. The SMILES string of the molecule is CC(C)(C)C(=O)OCOP(=O)(CP(=O)(OCOC(=O)C(C)(C)C)OCOC(=O)C(C)(C)C)OCOC(=O)C(C)(C)C.CO[C@H]1C(O[Si](C)(C)C(C)(C)C)[C@@H](/C=C/P(=O)(OCOC(=O)C(C)(C)C)OCOC(=O)C(C)(C)C)O[C@H]1n1ccc(=O)[nH]c1=O.CO[C@H]1C(O[Si](C)(C)C(C)(C)C)[C@@H](C=O)O[C@H]1n1ccc(=O)[nH]c1=O. The van der Waals surface area contributed by atoms with Crippen molar-refractivity contribution in [3.8, 4) is 0 Å². The number of hydrogen-bond donors (Lipinski definition) is 2. The van der Waals surface area contributed by atoms with E-state index in [2.05, 4.69) is 64.6 Å². The van der Waals surface area contributed by atoms with Crippen LogP contribution in [0.15, 0.2) is 55.6 Å². The predicted molar refractivity (Wildman–Crippen MR) is 408 cm³/mol. The van der Waals surface area contributed by atoms with E-state index in [0.717, 1.165) is 5.82 Å². The van der Waals surface area contributed by atoms with Crippen LogP contribution >= 0.6 is 22.8 Å². The molecule has 111 heavy (non-hydrogen) atoms. The number of nitrogens with zero attached hydrogens (tertiary/aromatic N) is 2. The highest BCUT2D eigenvalue weighted by Crippen LogP contribution is 2.64. The summed E-state index contributed by atoms with van der Waals surface area (Å²) in [6, 6.07) is 2.40. The molecule has 2 aromatic rings. The Morgan fingerprint density at radius 2 is 0.676 bits per heavy atom. The summed E-state index contributed by atoms with van der Waals surface area (Å²) in [5.41, 5.74) is -7.82. The molecule has 8 atom stereocenters. The normalized spacial score (nSPS) is 19.9. The fourth-order valence-corrected chi connectivity index (χ4v) is 15.7. The third-order valence-corrected chi connectivity index (χ3v) is 32.1. The van der Waals surface area contributed by atoms with E-state index in [-0.39, 0.29) is 10.1 Å². The monoisotopic (exact) mass is 1680 g/mol. The molecule has 0 aromatic carbocycles. The van der Waals surface area contributed by atoms with Crippen molar-refractivity contribution >= 4 is 81.5 Å². The fraction of sp³-hybridized carbons (Fsp3) is 0.757. The van der Waals surface area contributed by atoms with E-state index >= 15 is 0 Å². The highest BCUT2D eigenvalue weighted by Gasteiger charge is 2.53. The second kappa shape index (κ2) is 40.2.